The number of ether oxygens (including phenoxy) is 2. The van der Waals surface area contributed by atoms with E-state index >= 15 is 0 Å². The summed E-state index contributed by atoms with van der Waals surface area (Å²) in [6.45, 7) is 4.77. The van der Waals surface area contributed by atoms with Crippen LogP contribution in [-0.2, 0) is 11.3 Å². The smallest absolute Gasteiger partial charge is 0.272 e. The van der Waals surface area contributed by atoms with E-state index in [-0.39, 0.29) is 41.8 Å². The molecule has 2 N–H and O–H groups in total. The summed E-state index contributed by atoms with van der Waals surface area (Å²) in [7, 11) is 1.62. The molecule has 35 heavy (non-hydrogen) atoms. The van der Waals surface area contributed by atoms with Crippen LogP contribution in [0.1, 0.15) is 72.1 Å². The Bertz CT molecular complexity index is 1170. The zero-order chi connectivity index (χ0) is 24.7. The van der Waals surface area contributed by atoms with Gasteiger partial charge in [-0.3, -0.25) is 19.1 Å². The van der Waals surface area contributed by atoms with E-state index in [1.54, 1.807) is 14.0 Å². The second-order valence-electron chi connectivity index (χ2n) is 9.76. The second-order valence-corrected chi connectivity index (χ2v) is 9.76. The van der Waals surface area contributed by atoms with Crippen molar-refractivity contribution in [1.82, 2.24) is 25.3 Å². The summed E-state index contributed by atoms with van der Waals surface area (Å²) in [4.78, 5) is 40.7. The molecule has 1 aromatic carbocycles. The Kier molecular flexibility index (Phi) is 5.90. The molecule has 5 rings (SSSR count). The molecule has 2 aromatic rings. The SMILES string of the molecule is C[C@@H](NC(=O)c1cc2n(n1)C[C@@](C)(C(=O)NC1CCCC1)N(C)C2=O)c1ccc2c(c1)OCCO2. The van der Waals surface area contributed by atoms with Gasteiger partial charge in [-0.2, -0.15) is 5.10 Å². The van der Waals surface area contributed by atoms with Gasteiger partial charge in [0.15, 0.2) is 17.2 Å². The largest absolute Gasteiger partial charge is 0.486 e. The first-order valence-corrected chi connectivity index (χ1v) is 12.1. The molecule has 0 bridgehead atoms. The highest BCUT2D eigenvalue weighted by atomic mass is 16.6. The maximum Gasteiger partial charge on any atom is 0.272 e. The van der Waals surface area contributed by atoms with E-state index in [2.05, 4.69) is 15.7 Å². The van der Waals surface area contributed by atoms with Crippen molar-refractivity contribution in [2.75, 3.05) is 20.3 Å². The van der Waals surface area contributed by atoms with Crippen LogP contribution in [-0.4, -0.2) is 64.2 Å². The first-order chi connectivity index (χ1) is 16.8. The van der Waals surface area contributed by atoms with Crippen LogP contribution >= 0.6 is 0 Å². The van der Waals surface area contributed by atoms with E-state index in [1.807, 2.05) is 25.1 Å². The summed E-state index contributed by atoms with van der Waals surface area (Å²) in [6, 6.07) is 6.86. The Morgan fingerprint density at radius 2 is 1.86 bits per heavy atom. The fourth-order valence-corrected chi connectivity index (χ4v) is 4.93. The summed E-state index contributed by atoms with van der Waals surface area (Å²) >= 11 is 0. The van der Waals surface area contributed by atoms with Gasteiger partial charge in [0.05, 0.1) is 12.6 Å². The van der Waals surface area contributed by atoms with Gasteiger partial charge in [0.2, 0.25) is 5.91 Å². The summed E-state index contributed by atoms with van der Waals surface area (Å²) in [5.74, 6) is 0.396. The standard InChI is InChI=1S/C25H31N5O5/c1-15(16-8-9-20-21(12-16)35-11-10-34-20)26-22(31)18-13-19-23(32)29(3)25(2,14-30(19)28-18)24(33)27-17-6-4-5-7-17/h8-9,12-13,15,17H,4-7,10-11,14H2,1-3H3,(H,26,31)(H,27,33)/t15-,25+/m1/s1. The molecule has 10 heteroatoms. The van der Waals surface area contributed by atoms with Crippen LogP contribution in [0.2, 0.25) is 0 Å². The molecule has 0 spiro atoms. The number of likely N-dealkylation sites (N-methyl/N-ethyl adjacent to an activating group) is 1. The minimum Gasteiger partial charge on any atom is -0.486 e. The predicted molar refractivity (Wildman–Crippen MR) is 126 cm³/mol. The molecule has 0 radical (unpaired) electrons. The number of nitrogens with zero attached hydrogens (tertiary/aromatic N) is 3. The van der Waals surface area contributed by atoms with Crippen LogP contribution < -0.4 is 20.1 Å². The summed E-state index contributed by atoms with van der Waals surface area (Å²) < 4.78 is 12.7. The summed E-state index contributed by atoms with van der Waals surface area (Å²) in [5.41, 5.74) is 0.186. The molecule has 1 aliphatic carbocycles. The monoisotopic (exact) mass is 481 g/mol. The van der Waals surface area contributed by atoms with Gasteiger partial charge < -0.3 is 25.0 Å². The third kappa shape index (κ3) is 4.21. The van der Waals surface area contributed by atoms with Gasteiger partial charge in [0.25, 0.3) is 11.8 Å². The molecule has 186 valence electrons. The van der Waals surface area contributed by atoms with Crippen LogP contribution in [0, 0.1) is 0 Å². The molecular weight excluding hydrogens is 450 g/mol. The summed E-state index contributed by atoms with van der Waals surface area (Å²) in [5, 5.41) is 10.4. The lowest BCUT2D eigenvalue weighted by Gasteiger charge is -2.41. The van der Waals surface area contributed by atoms with Crippen molar-refractivity contribution in [3.05, 3.63) is 41.2 Å². The number of carbonyl (C=O) groups is 3. The van der Waals surface area contributed by atoms with Gasteiger partial charge >= 0.3 is 0 Å². The quantitative estimate of drug-likeness (QED) is 0.676. The molecule has 2 atom stereocenters. The molecule has 1 fully saturated rings. The number of fused-ring (bicyclic) bond motifs is 2. The number of nitrogens with one attached hydrogen (secondary N) is 2. The Balaban J connectivity index is 1.31. The predicted octanol–water partition coefficient (Wildman–Crippen LogP) is 2.05. The highest BCUT2D eigenvalue weighted by Crippen LogP contribution is 2.33. The lowest BCUT2D eigenvalue weighted by molar-refractivity contribution is -0.133. The number of carbonyl (C=O) groups excluding carboxylic acids is 3. The minimum atomic E-state index is -1.09. The first kappa shape index (κ1) is 23.2. The van der Waals surface area contributed by atoms with Gasteiger partial charge in [-0.05, 0) is 44.4 Å². The van der Waals surface area contributed by atoms with Crippen molar-refractivity contribution in [3.63, 3.8) is 0 Å². The molecule has 0 unspecified atom stereocenters. The molecule has 2 aliphatic heterocycles. The molecule has 3 aliphatic rings. The van der Waals surface area contributed by atoms with E-state index < -0.39 is 11.4 Å². The highest BCUT2D eigenvalue weighted by Gasteiger charge is 2.47. The third-order valence-electron chi connectivity index (χ3n) is 7.33. The van der Waals surface area contributed by atoms with E-state index in [0.29, 0.717) is 24.7 Å². The maximum atomic E-state index is 13.1. The van der Waals surface area contributed by atoms with Crippen LogP contribution in [0.5, 0.6) is 11.5 Å². The Morgan fingerprint density at radius 3 is 2.60 bits per heavy atom. The zero-order valence-electron chi connectivity index (χ0n) is 20.3. The lowest BCUT2D eigenvalue weighted by Crippen LogP contribution is -2.63. The number of amides is 3. The van der Waals surface area contributed by atoms with Crippen molar-refractivity contribution in [3.8, 4) is 11.5 Å². The lowest BCUT2D eigenvalue weighted by atomic mass is 9.95. The number of benzene rings is 1. The van der Waals surface area contributed by atoms with Crippen LogP contribution in [0.3, 0.4) is 0 Å². The van der Waals surface area contributed by atoms with Crippen molar-refractivity contribution < 1.29 is 23.9 Å². The Morgan fingerprint density at radius 1 is 1.14 bits per heavy atom. The fourth-order valence-electron chi connectivity index (χ4n) is 4.93. The second kappa shape index (κ2) is 8.90. The van der Waals surface area contributed by atoms with Crippen LogP contribution in [0.15, 0.2) is 24.3 Å². The average molecular weight is 482 g/mol. The Labute approximate surface area is 203 Å². The number of hydrogen-bond acceptors (Lipinski definition) is 6. The molecule has 3 heterocycles. The first-order valence-electron chi connectivity index (χ1n) is 12.1. The van der Waals surface area contributed by atoms with E-state index in [0.717, 1.165) is 31.2 Å². The van der Waals surface area contributed by atoms with E-state index in [1.165, 1.54) is 15.6 Å². The topological polar surface area (TPSA) is 115 Å². The van der Waals surface area contributed by atoms with E-state index in [4.69, 9.17) is 9.47 Å². The van der Waals surface area contributed by atoms with Crippen molar-refractivity contribution in [2.45, 2.75) is 63.7 Å². The third-order valence-corrected chi connectivity index (χ3v) is 7.33. The molecule has 0 saturated heterocycles. The molecule has 3 amide bonds. The van der Waals surface area contributed by atoms with Gasteiger partial charge in [-0.15, -0.1) is 0 Å². The number of aromatic nitrogens is 2. The highest BCUT2D eigenvalue weighted by molar-refractivity contribution is 6.01. The summed E-state index contributed by atoms with van der Waals surface area (Å²) in [6.07, 6.45) is 4.11. The van der Waals surface area contributed by atoms with Gasteiger partial charge in [-0.25, -0.2) is 0 Å². The van der Waals surface area contributed by atoms with Gasteiger partial charge in [0.1, 0.15) is 24.4 Å². The van der Waals surface area contributed by atoms with Crippen LogP contribution in [0.4, 0.5) is 0 Å². The molecule has 1 aromatic heterocycles. The molecule has 1 saturated carbocycles. The average Bonchev–Trinajstić information content (AvgIpc) is 3.52. The van der Waals surface area contributed by atoms with Crippen molar-refractivity contribution in [2.24, 2.45) is 0 Å². The Hall–Kier alpha value is -3.56. The van der Waals surface area contributed by atoms with Gasteiger partial charge in [-0.1, -0.05) is 18.9 Å². The maximum absolute atomic E-state index is 13.1. The molecule has 10 nitrogen and oxygen atoms in total. The van der Waals surface area contributed by atoms with Crippen molar-refractivity contribution in [1.29, 1.82) is 0 Å². The normalized spacial score (nSPS) is 22.5. The molecular formula is C25H31N5O5. The van der Waals surface area contributed by atoms with Crippen molar-refractivity contribution >= 4 is 17.7 Å². The van der Waals surface area contributed by atoms with Crippen LogP contribution in [0.25, 0.3) is 0 Å². The minimum absolute atomic E-state index is 0.131. The zero-order valence-corrected chi connectivity index (χ0v) is 20.3. The fraction of sp³-hybridized carbons (Fsp3) is 0.520. The van der Waals surface area contributed by atoms with E-state index in [9.17, 15) is 14.4 Å². The number of hydrogen-bond donors (Lipinski definition) is 2. The number of rotatable bonds is 5. The van der Waals surface area contributed by atoms with Gasteiger partial charge in [0, 0.05) is 19.2 Å².